The Morgan fingerprint density at radius 2 is 2.35 bits per heavy atom. The summed E-state index contributed by atoms with van der Waals surface area (Å²) in [6.45, 7) is -0.184. The van der Waals surface area contributed by atoms with E-state index in [0.717, 1.165) is 8.66 Å². The molecule has 7 heteroatoms. The second-order valence-corrected chi connectivity index (χ2v) is 6.16. The number of hydrogen-bond donors (Lipinski definition) is 1. The van der Waals surface area contributed by atoms with E-state index in [1.807, 2.05) is 6.07 Å². The molecule has 1 aromatic rings. The van der Waals surface area contributed by atoms with Gasteiger partial charge in [0, 0.05) is 11.9 Å². The van der Waals surface area contributed by atoms with Crippen LogP contribution >= 0.6 is 27.3 Å². The van der Waals surface area contributed by atoms with Gasteiger partial charge in [-0.1, -0.05) is 0 Å². The molecule has 0 spiro atoms. The van der Waals surface area contributed by atoms with Crippen molar-refractivity contribution in [1.29, 1.82) is 0 Å². The fraction of sp³-hybridized carbons (Fsp3) is 0.400. The SMILES string of the molecule is CN1C(=O)COC(C(=O)O)C1c1ccc(Br)s1. The normalized spacial score (nSPS) is 25.1. The number of halogens is 1. The lowest BCUT2D eigenvalue weighted by molar-refractivity contribution is -0.171. The van der Waals surface area contributed by atoms with Crippen LogP contribution in [-0.2, 0) is 14.3 Å². The summed E-state index contributed by atoms with van der Waals surface area (Å²) in [4.78, 5) is 24.9. The lowest BCUT2D eigenvalue weighted by Gasteiger charge is -2.36. The summed E-state index contributed by atoms with van der Waals surface area (Å²) in [5.41, 5.74) is 0. The third-order valence-electron chi connectivity index (χ3n) is 2.61. The summed E-state index contributed by atoms with van der Waals surface area (Å²) in [6, 6.07) is 3.06. The van der Waals surface area contributed by atoms with Crippen molar-refractivity contribution in [2.75, 3.05) is 13.7 Å². The molecule has 1 aromatic heterocycles. The highest BCUT2D eigenvalue weighted by molar-refractivity contribution is 9.11. The zero-order chi connectivity index (χ0) is 12.6. The number of aliphatic carboxylic acids is 1. The van der Waals surface area contributed by atoms with Gasteiger partial charge in [-0.05, 0) is 28.1 Å². The first-order valence-electron chi connectivity index (χ1n) is 4.86. The van der Waals surface area contributed by atoms with Gasteiger partial charge in [0.15, 0.2) is 6.10 Å². The molecule has 2 heterocycles. The highest BCUT2D eigenvalue weighted by Gasteiger charge is 2.40. The highest BCUT2D eigenvalue weighted by atomic mass is 79.9. The van der Waals surface area contributed by atoms with Gasteiger partial charge in [0.05, 0.1) is 3.79 Å². The van der Waals surface area contributed by atoms with Gasteiger partial charge in [0.25, 0.3) is 0 Å². The first-order chi connectivity index (χ1) is 8.00. The van der Waals surface area contributed by atoms with Crippen molar-refractivity contribution in [1.82, 2.24) is 4.90 Å². The van der Waals surface area contributed by atoms with Crippen LogP contribution in [0.1, 0.15) is 10.9 Å². The molecular formula is C10H10BrNO4S. The van der Waals surface area contributed by atoms with E-state index in [4.69, 9.17) is 9.84 Å². The van der Waals surface area contributed by atoms with Gasteiger partial charge >= 0.3 is 5.97 Å². The van der Waals surface area contributed by atoms with Crippen LogP contribution in [-0.4, -0.2) is 41.6 Å². The zero-order valence-corrected chi connectivity index (χ0v) is 11.3. The largest absolute Gasteiger partial charge is 0.479 e. The number of thiophene rings is 1. The van der Waals surface area contributed by atoms with Crippen molar-refractivity contribution < 1.29 is 19.4 Å². The van der Waals surface area contributed by atoms with Gasteiger partial charge in [0.1, 0.15) is 12.6 Å². The van der Waals surface area contributed by atoms with Crippen LogP contribution in [0, 0.1) is 0 Å². The smallest absolute Gasteiger partial charge is 0.335 e. The minimum Gasteiger partial charge on any atom is -0.479 e. The maximum Gasteiger partial charge on any atom is 0.335 e. The first kappa shape index (κ1) is 12.5. The Kier molecular flexibility index (Phi) is 3.50. The van der Waals surface area contributed by atoms with E-state index in [1.54, 1.807) is 13.1 Å². The number of amides is 1. The molecule has 2 unspecified atom stereocenters. The number of ether oxygens (including phenoxy) is 1. The molecule has 0 aliphatic carbocycles. The number of hydrogen-bond acceptors (Lipinski definition) is 4. The maximum atomic E-state index is 11.6. The Morgan fingerprint density at radius 1 is 1.65 bits per heavy atom. The van der Waals surface area contributed by atoms with E-state index >= 15 is 0 Å². The molecule has 0 radical (unpaired) electrons. The molecule has 5 nitrogen and oxygen atoms in total. The molecule has 1 fully saturated rings. The quantitative estimate of drug-likeness (QED) is 0.897. The van der Waals surface area contributed by atoms with Crippen LogP contribution in [0.3, 0.4) is 0 Å². The topological polar surface area (TPSA) is 66.8 Å². The van der Waals surface area contributed by atoms with E-state index in [0.29, 0.717) is 0 Å². The molecule has 1 aliphatic heterocycles. The molecule has 0 aromatic carbocycles. The van der Waals surface area contributed by atoms with Gasteiger partial charge < -0.3 is 14.7 Å². The van der Waals surface area contributed by atoms with Gasteiger partial charge in [-0.25, -0.2) is 4.79 Å². The fourth-order valence-corrected chi connectivity index (χ4v) is 3.34. The van der Waals surface area contributed by atoms with Crippen molar-refractivity contribution in [2.45, 2.75) is 12.1 Å². The Morgan fingerprint density at radius 3 is 2.88 bits per heavy atom. The number of likely N-dealkylation sites (N-methyl/N-ethyl adjacent to an activating group) is 1. The van der Waals surface area contributed by atoms with Crippen LogP contribution in [0.15, 0.2) is 15.9 Å². The van der Waals surface area contributed by atoms with E-state index in [2.05, 4.69) is 15.9 Å². The minimum atomic E-state index is -1.06. The molecule has 1 aliphatic rings. The molecule has 2 rings (SSSR count). The predicted octanol–water partition coefficient (Wildman–Crippen LogP) is 1.49. The summed E-state index contributed by atoms with van der Waals surface area (Å²) in [5.74, 6) is -1.27. The van der Waals surface area contributed by atoms with Crippen molar-refractivity contribution in [3.05, 3.63) is 20.8 Å². The van der Waals surface area contributed by atoms with Gasteiger partial charge in [-0.2, -0.15) is 0 Å². The van der Waals surface area contributed by atoms with Crippen LogP contribution in [0.25, 0.3) is 0 Å². The van der Waals surface area contributed by atoms with Crippen molar-refractivity contribution >= 4 is 39.1 Å². The second kappa shape index (κ2) is 4.75. The number of carbonyl (C=O) groups excluding carboxylic acids is 1. The molecule has 1 amide bonds. The molecule has 0 saturated carbocycles. The third kappa shape index (κ3) is 2.36. The maximum absolute atomic E-state index is 11.6. The van der Waals surface area contributed by atoms with Crippen LogP contribution in [0.2, 0.25) is 0 Å². The Hall–Kier alpha value is -0.920. The number of morpholine rings is 1. The number of carboxylic acid groups (broad SMARTS) is 1. The summed E-state index contributed by atoms with van der Waals surface area (Å²) in [6.07, 6.45) is -1.01. The molecule has 2 atom stereocenters. The predicted molar refractivity (Wildman–Crippen MR) is 64.9 cm³/mol. The second-order valence-electron chi connectivity index (χ2n) is 3.66. The average Bonchev–Trinajstić information content (AvgIpc) is 2.68. The number of carboxylic acids is 1. The molecule has 0 bridgehead atoms. The summed E-state index contributed by atoms with van der Waals surface area (Å²) < 4.78 is 5.99. The minimum absolute atomic E-state index is 0.184. The summed E-state index contributed by atoms with van der Waals surface area (Å²) in [7, 11) is 1.60. The molecule has 1 N–H and O–H groups in total. The first-order valence-corrected chi connectivity index (χ1v) is 6.47. The monoisotopic (exact) mass is 319 g/mol. The lowest BCUT2D eigenvalue weighted by atomic mass is 10.1. The van der Waals surface area contributed by atoms with E-state index in [-0.39, 0.29) is 12.5 Å². The number of nitrogens with zero attached hydrogens (tertiary/aromatic N) is 1. The van der Waals surface area contributed by atoms with Crippen molar-refractivity contribution in [2.24, 2.45) is 0 Å². The zero-order valence-electron chi connectivity index (χ0n) is 8.92. The average molecular weight is 320 g/mol. The van der Waals surface area contributed by atoms with Crippen LogP contribution < -0.4 is 0 Å². The Balaban J connectivity index is 2.36. The lowest BCUT2D eigenvalue weighted by Crippen LogP contribution is -2.49. The van der Waals surface area contributed by atoms with Crippen molar-refractivity contribution in [3.63, 3.8) is 0 Å². The molecule has 92 valence electrons. The van der Waals surface area contributed by atoms with Crippen LogP contribution in [0.5, 0.6) is 0 Å². The Labute approximate surface area is 110 Å². The van der Waals surface area contributed by atoms with Crippen molar-refractivity contribution in [3.8, 4) is 0 Å². The van der Waals surface area contributed by atoms with Gasteiger partial charge in [-0.15, -0.1) is 11.3 Å². The molecule has 17 heavy (non-hydrogen) atoms. The van der Waals surface area contributed by atoms with E-state index in [9.17, 15) is 9.59 Å². The summed E-state index contributed by atoms with van der Waals surface area (Å²) >= 11 is 4.72. The Bertz CT molecular complexity index is 461. The van der Waals surface area contributed by atoms with E-state index < -0.39 is 18.1 Å². The third-order valence-corrected chi connectivity index (χ3v) is 4.31. The highest BCUT2D eigenvalue weighted by Crippen LogP contribution is 2.35. The fourth-order valence-electron chi connectivity index (χ4n) is 1.75. The summed E-state index contributed by atoms with van der Waals surface area (Å²) in [5, 5.41) is 9.11. The standard InChI is InChI=1S/C10H10BrNO4S/c1-12-7(13)4-16-9(10(14)15)8(12)5-2-3-6(11)17-5/h2-3,8-9H,4H2,1H3,(H,14,15). The van der Waals surface area contributed by atoms with Gasteiger partial charge in [0.2, 0.25) is 5.91 Å². The number of carbonyl (C=O) groups is 2. The molecule has 1 saturated heterocycles. The number of rotatable bonds is 2. The van der Waals surface area contributed by atoms with Crippen LogP contribution in [0.4, 0.5) is 0 Å². The van der Waals surface area contributed by atoms with E-state index in [1.165, 1.54) is 16.2 Å². The van der Waals surface area contributed by atoms with Gasteiger partial charge in [-0.3, -0.25) is 4.79 Å². The molecular weight excluding hydrogens is 310 g/mol.